The highest BCUT2D eigenvalue weighted by molar-refractivity contribution is 7.94. The van der Waals surface area contributed by atoms with Crippen LogP contribution in [0.2, 0.25) is 0 Å². The van der Waals surface area contributed by atoms with E-state index in [9.17, 15) is 4.79 Å². The second-order valence-corrected chi connectivity index (χ2v) is 4.87. The van der Waals surface area contributed by atoms with Crippen molar-refractivity contribution in [3.63, 3.8) is 0 Å². The van der Waals surface area contributed by atoms with Gasteiger partial charge in [-0.2, -0.15) is 0 Å². The van der Waals surface area contributed by atoms with Crippen molar-refractivity contribution in [1.29, 1.82) is 0 Å². The number of nitrogens with one attached hydrogen (secondary N) is 1. The number of carbonyl (C=O) groups excluding carboxylic acids is 1. The van der Waals surface area contributed by atoms with Crippen molar-refractivity contribution in [2.45, 2.75) is 6.42 Å². The van der Waals surface area contributed by atoms with Gasteiger partial charge in [0.05, 0.1) is 18.5 Å². The molecule has 3 nitrogen and oxygen atoms in total. The van der Waals surface area contributed by atoms with E-state index in [-0.39, 0.29) is 5.91 Å². The molecule has 4 heteroatoms. The fourth-order valence-corrected chi connectivity index (χ4v) is 2.51. The van der Waals surface area contributed by atoms with Gasteiger partial charge in [0.25, 0.3) is 0 Å². The fourth-order valence-electron chi connectivity index (χ4n) is 2.22. The van der Waals surface area contributed by atoms with Crippen LogP contribution in [0.15, 0.2) is 42.5 Å². The van der Waals surface area contributed by atoms with Gasteiger partial charge in [0, 0.05) is 11.9 Å². The molecule has 0 aromatic heterocycles. The summed E-state index contributed by atoms with van der Waals surface area (Å²) in [5, 5.41) is 2.87. The molecule has 0 fully saturated rings. The van der Waals surface area contributed by atoms with Gasteiger partial charge in [-0.3, -0.25) is 4.79 Å². The molecule has 0 aliphatic carbocycles. The van der Waals surface area contributed by atoms with E-state index in [0.29, 0.717) is 6.42 Å². The van der Waals surface area contributed by atoms with Gasteiger partial charge in [-0.1, -0.05) is 24.3 Å². The maximum absolute atomic E-state index is 11.4. The van der Waals surface area contributed by atoms with Gasteiger partial charge in [-0.05, 0) is 34.9 Å². The van der Waals surface area contributed by atoms with Crippen LogP contribution in [-0.2, 0) is 11.2 Å². The van der Waals surface area contributed by atoms with Crippen LogP contribution < -0.4 is 9.50 Å². The standard InChI is InChI=1S/C15H13NO2S/c1-19-18-13-4-2-3-10(7-13)11-5-6-12-9-15(17)16-14(12)8-11/h2-8H,9H2,1H3,(H,16,17). The van der Waals surface area contributed by atoms with Crippen molar-refractivity contribution in [2.24, 2.45) is 0 Å². The van der Waals surface area contributed by atoms with Crippen molar-refractivity contribution in [1.82, 2.24) is 0 Å². The van der Waals surface area contributed by atoms with Crippen LogP contribution in [-0.4, -0.2) is 12.2 Å². The highest BCUT2D eigenvalue weighted by Crippen LogP contribution is 2.31. The van der Waals surface area contributed by atoms with Crippen molar-refractivity contribution in [3.8, 4) is 16.9 Å². The molecule has 0 unspecified atom stereocenters. The molecule has 0 radical (unpaired) electrons. The van der Waals surface area contributed by atoms with Crippen molar-refractivity contribution in [3.05, 3.63) is 48.0 Å². The summed E-state index contributed by atoms with van der Waals surface area (Å²) < 4.78 is 5.42. The van der Waals surface area contributed by atoms with E-state index in [2.05, 4.69) is 5.32 Å². The highest BCUT2D eigenvalue weighted by Gasteiger charge is 2.17. The van der Waals surface area contributed by atoms with Crippen molar-refractivity contribution < 1.29 is 8.98 Å². The van der Waals surface area contributed by atoms with E-state index in [0.717, 1.165) is 28.1 Å². The van der Waals surface area contributed by atoms with Crippen LogP contribution in [0.25, 0.3) is 11.1 Å². The molecule has 0 saturated heterocycles. The number of amides is 1. The van der Waals surface area contributed by atoms with Crippen LogP contribution in [0.4, 0.5) is 5.69 Å². The third kappa shape index (κ3) is 2.44. The fraction of sp³-hybridized carbons (Fsp3) is 0.133. The Morgan fingerprint density at radius 2 is 2.00 bits per heavy atom. The topological polar surface area (TPSA) is 38.3 Å². The molecular weight excluding hydrogens is 258 g/mol. The monoisotopic (exact) mass is 271 g/mol. The molecule has 0 bridgehead atoms. The van der Waals surface area contributed by atoms with Gasteiger partial charge >= 0.3 is 0 Å². The summed E-state index contributed by atoms with van der Waals surface area (Å²) in [5.41, 5.74) is 4.13. The van der Waals surface area contributed by atoms with E-state index in [4.69, 9.17) is 4.18 Å². The number of hydrogen-bond acceptors (Lipinski definition) is 3. The Morgan fingerprint density at radius 1 is 1.16 bits per heavy atom. The van der Waals surface area contributed by atoms with E-state index in [1.165, 1.54) is 12.0 Å². The van der Waals surface area contributed by atoms with Crippen LogP contribution in [0, 0.1) is 0 Å². The zero-order valence-corrected chi connectivity index (χ0v) is 11.3. The number of anilines is 1. The van der Waals surface area contributed by atoms with Gasteiger partial charge in [-0.25, -0.2) is 0 Å². The van der Waals surface area contributed by atoms with E-state index in [1.807, 2.05) is 48.7 Å². The minimum Gasteiger partial charge on any atom is -0.426 e. The Hall–Kier alpha value is -1.94. The minimum absolute atomic E-state index is 0.0617. The Bertz CT molecular complexity index is 640. The van der Waals surface area contributed by atoms with Crippen molar-refractivity contribution in [2.75, 3.05) is 11.6 Å². The van der Waals surface area contributed by atoms with Gasteiger partial charge in [0.1, 0.15) is 5.75 Å². The van der Waals surface area contributed by atoms with Crippen LogP contribution in [0.1, 0.15) is 5.56 Å². The van der Waals surface area contributed by atoms with E-state index in [1.54, 1.807) is 0 Å². The van der Waals surface area contributed by atoms with E-state index < -0.39 is 0 Å². The summed E-state index contributed by atoms with van der Waals surface area (Å²) in [7, 11) is 0. The Morgan fingerprint density at radius 3 is 2.84 bits per heavy atom. The number of fused-ring (bicyclic) bond motifs is 1. The SMILES string of the molecule is CSOc1cccc(-c2ccc3c(c2)NC(=O)C3)c1. The molecule has 19 heavy (non-hydrogen) atoms. The Kier molecular flexibility index (Phi) is 3.17. The zero-order valence-electron chi connectivity index (χ0n) is 10.5. The molecule has 1 heterocycles. The van der Waals surface area contributed by atoms with Gasteiger partial charge < -0.3 is 9.50 Å². The third-order valence-corrected chi connectivity index (χ3v) is 3.44. The lowest BCUT2D eigenvalue weighted by Gasteiger charge is -2.07. The summed E-state index contributed by atoms with van der Waals surface area (Å²) >= 11 is 1.32. The van der Waals surface area contributed by atoms with Crippen molar-refractivity contribution >= 4 is 23.6 Å². The first kappa shape index (κ1) is 12.1. The first-order chi connectivity index (χ1) is 9.26. The molecule has 1 N–H and O–H groups in total. The average Bonchev–Trinajstić information content (AvgIpc) is 2.78. The maximum Gasteiger partial charge on any atom is 0.228 e. The molecule has 3 rings (SSSR count). The summed E-state index contributed by atoms with van der Waals surface area (Å²) in [6.07, 6.45) is 2.36. The molecule has 96 valence electrons. The molecule has 0 saturated carbocycles. The Labute approximate surface area is 116 Å². The predicted molar refractivity (Wildman–Crippen MR) is 78.4 cm³/mol. The maximum atomic E-state index is 11.4. The average molecular weight is 271 g/mol. The number of benzene rings is 2. The number of carbonyl (C=O) groups is 1. The summed E-state index contributed by atoms with van der Waals surface area (Å²) in [5.74, 6) is 0.890. The molecule has 1 aliphatic heterocycles. The molecule has 1 aliphatic rings. The zero-order chi connectivity index (χ0) is 13.2. The van der Waals surface area contributed by atoms with Gasteiger partial charge in [0.15, 0.2) is 0 Å². The molecule has 2 aromatic rings. The number of hydrogen-bond donors (Lipinski definition) is 1. The quantitative estimate of drug-likeness (QED) is 0.868. The largest absolute Gasteiger partial charge is 0.426 e. The van der Waals surface area contributed by atoms with Crippen LogP contribution >= 0.6 is 12.0 Å². The molecular formula is C15H13NO2S. The van der Waals surface area contributed by atoms with Gasteiger partial charge in [-0.15, -0.1) is 0 Å². The summed E-state index contributed by atoms with van der Waals surface area (Å²) in [6.45, 7) is 0. The molecule has 0 spiro atoms. The third-order valence-electron chi connectivity index (χ3n) is 3.08. The summed E-state index contributed by atoms with van der Waals surface area (Å²) in [6, 6.07) is 14.0. The van der Waals surface area contributed by atoms with Crippen LogP contribution in [0.5, 0.6) is 5.75 Å². The lowest BCUT2D eigenvalue weighted by Crippen LogP contribution is -2.03. The van der Waals surface area contributed by atoms with E-state index >= 15 is 0 Å². The normalized spacial score (nSPS) is 13.0. The first-order valence-corrected chi connectivity index (χ1v) is 7.15. The summed E-state index contributed by atoms with van der Waals surface area (Å²) in [4.78, 5) is 11.4. The predicted octanol–water partition coefficient (Wildman–Crippen LogP) is 3.51. The lowest BCUT2D eigenvalue weighted by molar-refractivity contribution is -0.115. The molecule has 1 amide bonds. The lowest BCUT2D eigenvalue weighted by atomic mass is 10.0. The minimum atomic E-state index is 0.0617. The second-order valence-electron chi connectivity index (χ2n) is 4.37. The Balaban J connectivity index is 1.96. The first-order valence-electron chi connectivity index (χ1n) is 6.00. The second kappa shape index (κ2) is 4.97. The highest BCUT2D eigenvalue weighted by atomic mass is 32.2. The number of rotatable bonds is 3. The van der Waals surface area contributed by atoms with Crippen LogP contribution in [0.3, 0.4) is 0 Å². The molecule has 0 atom stereocenters. The van der Waals surface area contributed by atoms with Gasteiger partial charge in [0.2, 0.25) is 5.91 Å². The smallest absolute Gasteiger partial charge is 0.228 e. The molecule has 2 aromatic carbocycles.